The Morgan fingerprint density at radius 2 is 1.71 bits per heavy atom. The molecule has 2 atom stereocenters. The topological polar surface area (TPSA) is 64.2 Å². The van der Waals surface area contributed by atoms with E-state index in [0.29, 0.717) is 60.8 Å². The Morgan fingerprint density at radius 3 is 2.34 bits per heavy atom. The van der Waals surface area contributed by atoms with Crippen LogP contribution >= 0.6 is 34.8 Å². The van der Waals surface area contributed by atoms with Crippen molar-refractivity contribution in [2.75, 3.05) is 39.8 Å². The van der Waals surface area contributed by atoms with Gasteiger partial charge in [0.25, 0.3) is 0 Å². The molecule has 0 spiro atoms. The van der Waals surface area contributed by atoms with Crippen molar-refractivity contribution in [1.82, 2.24) is 19.6 Å². The number of amides is 4. The van der Waals surface area contributed by atoms with Crippen molar-refractivity contribution in [2.24, 2.45) is 11.3 Å². The van der Waals surface area contributed by atoms with Gasteiger partial charge >= 0.3 is 6.03 Å². The molecule has 1 aliphatic carbocycles. The average molecular weight is 580 g/mol. The molecule has 3 fully saturated rings. The number of nitrogens with zero attached hydrogens (tertiary/aromatic N) is 4. The highest BCUT2D eigenvalue weighted by Crippen LogP contribution is 2.47. The van der Waals surface area contributed by atoms with Crippen molar-refractivity contribution in [2.45, 2.75) is 44.6 Å². The summed E-state index contributed by atoms with van der Waals surface area (Å²) in [5, 5.41) is 1.26. The second-order valence-electron chi connectivity index (χ2n) is 11.1. The Kier molecular flexibility index (Phi) is 7.73. The molecular weight excluding hydrogens is 547 g/mol. The lowest BCUT2D eigenvalue weighted by molar-refractivity contribution is -0.142. The molecule has 5 rings (SSSR count). The molecule has 4 aliphatic rings. The third kappa shape index (κ3) is 5.30. The summed E-state index contributed by atoms with van der Waals surface area (Å²) in [5.74, 6) is 0.0406. The Balaban J connectivity index is 1.32. The largest absolute Gasteiger partial charge is 0.342 e. The van der Waals surface area contributed by atoms with Crippen LogP contribution in [0.3, 0.4) is 0 Å². The number of rotatable bonds is 4. The number of likely N-dealkylation sites (tertiary alicyclic amines) is 2. The first-order valence-electron chi connectivity index (χ1n) is 13.2. The maximum absolute atomic E-state index is 13.7. The second-order valence-corrected chi connectivity index (χ2v) is 12.3. The molecule has 3 aliphatic heterocycles. The highest BCUT2D eigenvalue weighted by atomic mass is 35.5. The standard InChI is InChI=1S/C28H33Cl3N4O3/c1-28(10-11-28)26(37)33-13-8-18(9-14-33)25(36)34-16-20(19-6-7-21(29)22(30)15-19)23(17-34)32(2)27(38)35-12-4-3-5-24(35)31/h3-7,15,18,20,23H,8-14,16-17H2,1-2H3/t20?,23-/m1/s1. The minimum absolute atomic E-state index is 0.0852. The maximum Gasteiger partial charge on any atom is 0.325 e. The summed E-state index contributed by atoms with van der Waals surface area (Å²) in [5.41, 5.74) is 0.739. The van der Waals surface area contributed by atoms with E-state index in [9.17, 15) is 14.4 Å². The lowest BCUT2D eigenvalue weighted by atomic mass is 9.93. The molecule has 1 aromatic rings. The number of carbonyl (C=O) groups excluding carboxylic acids is 3. The first-order valence-corrected chi connectivity index (χ1v) is 14.3. The molecule has 1 unspecified atom stereocenters. The van der Waals surface area contributed by atoms with Gasteiger partial charge in [0.05, 0.1) is 16.1 Å². The number of urea groups is 1. The first kappa shape index (κ1) is 27.4. The van der Waals surface area contributed by atoms with Gasteiger partial charge in [0.15, 0.2) is 0 Å². The lowest BCUT2D eigenvalue weighted by Crippen LogP contribution is -2.49. The Labute approximate surface area is 238 Å². The van der Waals surface area contributed by atoms with Crippen molar-refractivity contribution in [3.05, 3.63) is 57.2 Å². The fourth-order valence-corrected chi connectivity index (χ4v) is 6.31. The SMILES string of the molecule is CN(C(=O)N1CC=CC=C1Cl)[C@@H]1CN(C(=O)C2CCN(C(=O)C3(C)CC3)CC2)CC1c1ccc(Cl)c(Cl)c1. The monoisotopic (exact) mass is 578 g/mol. The van der Waals surface area contributed by atoms with E-state index in [1.807, 2.05) is 41.0 Å². The van der Waals surface area contributed by atoms with Crippen LogP contribution in [0.2, 0.25) is 10.0 Å². The summed E-state index contributed by atoms with van der Waals surface area (Å²) >= 11 is 18.9. The zero-order chi connectivity index (χ0) is 27.2. The molecule has 204 valence electrons. The fraction of sp³-hybridized carbons (Fsp3) is 0.536. The normalized spacial score (nSPS) is 24.9. The van der Waals surface area contributed by atoms with Crippen molar-refractivity contribution in [3.63, 3.8) is 0 Å². The van der Waals surface area contributed by atoms with E-state index < -0.39 is 0 Å². The molecule has 0 aromatic heterocycles. The molecule has 38 heavy (non-hydrogen) atoms. The predicted molar refractivity (Wildman–Crippen MR) is 149 cm³/mol. The van der Waals surface area contributed by atoms with E-state index in [1.54, 1.807) is 24.1 Å². The molecule has 4 amide bonds. The summed E-state index contributed by atoms with van der Waals surface area (Å²) in [6, 6.07) is 5.01. The van der Waals surface area contributed by atoms with E-state index >= 15 is 0 Å². The van der Waals surface area contributed by atoms with Gasteiger partial charge in [-0.25, -0.2) is 4.79 Å². The highest BCUT2D eigenvalue weighted by molar-refractivity contribution is 6.42. The molecule has 3 heterocycles. The van der Waals surface area contributed by atoms with E-state index in [-0.39, 0.29) is 41.1 Å². The van der Waals surface area contributed by atoms with Crippen LogP contribution in [-0.2, 0) is 9.59 Å². The number of piperidine rings is 1. The summed E-state index contributed by atoms with van der Waals surface area (Å²) < 4.78 is 0. The van der Waals surface area contributed by atoms with Crippen LogP contribution in [0.1, 0.15) is 44.1 Å². The first-order chi connectivity index (χ1) is 18.1. The van der Waals surface area contributed by atoms with Gasteiger partial charge in [-0.05, 0) is 49.5 Å². The molecular formula is C28H33Cl3N4O3. The van der Waals surface area contributed by atoms with Gasteiger partial charge in [-0.1, -0.05) is 59.9 Å². The third-order valence-corrected chi connectivity index (χ3v) is 9.64. The number of likely N-dealkylation sites (N-methyl/N-ethyl adjacent to an activating group) is 1. The number of hydrogen-bond acceptors (Lipinski definition) is 3. The zero-order valence-electron chi connectivity index (χ0n) is 21.7. The van der Waals surface area contributed by atoms with Gasteiger partial charge in [-0.15, -0.1) is 0 Å². The summed E-state index contributed by atoms with van der Waals surface area (Å²) in [6.07, 6.45) is 8.62. The number of halogens is 3. The number of carbonyl (C=O) groups is 3. The third-order valence-electron chi connectivity index (χ3n) is 8.57. The molecule has 1 aromatic carbocycles. The number of allylic oxidation sites excluding steroid dienone is 2. The zero-order valence-corrected chi connectivity index (χ0v) is 24.0. The maximum atomic E-state index is 13.7. The Hall–Kier alpha value is -2.22. The van der Waals surface area contributed by atoms with Gasteiger partial charge in [0, 0.05) is 57.0 Å². The van der Waals surface area contributed by atoms with E-state index in [4.69, 9.17) is 34.8 Å². The Morgan fingerprint density at radius 1 is 1.00 bits per heavy atom. The van der Waals surface area contributed by atoms with E-state index in [0.717, 1.165) is 18.4 Å². The highest BCUT2D eigenvalue weighted by Gasteiger charge is 2.48. The van der Waals surface area contributed by atoms with Gasteiger partial charge in [0.2, 0.25) is 11.8 Å². The summed E-state index contributed by atoms with van der Waals surface area (Å²) in [7, 11) is 1.76. The van der Waals surface area contributed by atoms with Gasteiger partial charge in [-0.3, -0.25) is 14.5 Å². The fourth-order valence-electron chi connectivity index (χ4n) is 5.79. The van der Waals surface area contributed by atoms with Gasteiger partial charge in [0.1, 0.15) is 5.16 Å². The van der Waals surface area contributed by atoms with Gasteiger partial charge in [-0.2, -0.15) is 0 Å². The molecule has 0 N–H and O–H groups in total. The minimum atomic E-state index is -0.268. The molecule has 0 radical (unpaired) electrons. The van der Waals surface area contributed by atoms with Crippen molar-refractivity contribution in [1.29, 1.82) is 0 Å². The molecule has 7 nitrogen and oxygen atoms in total. The molecule has 0 bridgehead atoms. The van der Waals surface area contributed by atoms with Gasteiger partial charge < -0.3 is 14.7 Å². The average Bonchev–Trinajstić information content (AvgIpc) is 3.52. The van der Waals surface area contributed by atoms with Crippen molar-refractivity contribution < 1.29 is 14.4 Å². The smallest absolute Gasteiger partial charge is 0.325 e. The van der Waals surface area contributed by atoms with Crippen LogP contribution in [0.25, 0.3) is 0 Å². The van der Waals surface area contributed by atoms with Crippen LogP contribution in [-0.4, -0.2) is 83.3 Å². The van der Waals surface area contributed by atoms with Crippen molar-refractivity contribution in [3.8, 4) is 0 Å². The molecule has 10 heteroatoms. The van der Waals surface area contributed by atoms with Crippen LogP contribution < -0.4 is 0 Å². The summed E-state index contributed by atoms with van der Waals surface area (Å²) in [6.45, 7) is 4.53. The number of hydrogen-bond donors (Lipinski definition) is 0. The van der Waals surface area contributed by atoms with E-state index in [2.05, 4.69) is 0 Å². The predicted octanol–water partition coefficient (Wildman–Crippen LogP) is 5.33. The number of benzene rings is 1. The van der Waals surface area contributed by atoms with Crippen LogP contribution in [0.4, 0.5) is 4.79 Å². The quantitative estimate of drug-likeness (QED) is 0.453. The van der Waals surface area contributed by atoms with Crippen LogP contribution in [0.5, 0.6) is 0 Å². The molecule has 1 saturated carbocycles. The minimum Gasteiger partial charge on any atom is -0.342 e. The Bertz CT molecular complexity index is 1190. The van der Waals surface area contributed by atoms with Crippen LogP contribution in [0.15, 0.2) is 41.6 Å². The van der Waals surface area contributed by atoms with Crippen LogP contribution in [0, 0.1) is 11.3 Å². The van der Waals surface area contributed by atoms with Crippen molar-refractivity contribution >= 4 is 52.6 Å². The lowest BCUT2D eigenvalue weighted by Gasteiger charge is -2.35. The molecule has 2 saturated heterocycles. The second kappa shape index (κ2) is 10.7. The summed E-state index contributed by atoms with van der Waals surface area (Å²) in [4.78, 5) is 46.9. The van der Waals surface area contributed by atoms with E-state index in [1.165, 1.54) is 4.90 Å².